The zero-order chi connectivity index (χ0) is 23.5. The molecule has 188 valence electrons. The minimum absolute atomic E-state index is 0.372. The van der Waals surface area contributed by atoms with Gasteiger partial charge in [0.15, 0.2) is 0 Å². The van der Waals surface area contributed by atoms with Gasteiger partial charge < -0.3 is 10.2 Å². The first-order chi connectivity index (χ1) is 15.8. The van der Waals surface area contributed by atoms with E-state index in [1.165, 1.54) is 122 Å². The van der Waals surface area contributed by atoms with Crippen LogP contribution in [-0.2, 0) is 6.42 Å². The first kappa shape index (κ1) is 31.0. The van der Waals surface area contributed by atoms with Gasteiger partial charge in [-0.3, -0.25) is 0 Å². The SMILES string of the molecule is CCCCCCCCCCCCO.CCCCCCCCCCCCc1ccccc1O. The van der Waals surface area contributed by atoms with Gasteiger partial charge in [-0.1, -0.05) is 148 Å². The minimum atomic E-state index is 0.372. The standard InChI is InChI=1S/C18H30O.C12H26O/c1-2-3-4-5-6-7-8-9-10-11-14-17-15-12-13-16-18(17)19;1-2-3-4-5-6-7-8-9-10-11-12-13/h12-13,15-16,19H,2-11,14H2,1H3;13H,2-12H2,1H3. The largest absolute Gasteiger partial charge is 0.508 e. The van der Waals surface area contributed by atoms with E-state index >= 15 is 0 Å². The van der Waals surface area contributed by atoms with Crippen molar-refractivity contribution < 1.29 is 10.2 Å². The molecule has 1 rings (SSSR count). The van der Waals surface area contributed by atoms with Crippen molar-refractivity contribution in [3.63, 3.8) is 0 Å². The molecular weight excluding hydrogens is 392 g/mol. The van der Waals surface area contributed by atoms with Crippen molar-refractivity contribution in [2.45, 2.75) is 149 Å². The van der Waals surface area contributed by atoms with E-state index in [4.69, 9.17) is 5.11 Å². The zero-order valence-electron chi connectivity index (χ0n) is 21.8. The molecule has 0 fully saturated rings. The fourth-order valence-corrected chi connectivity index (χ4v) is 4.12. The minimum Gasteiger partial charge on any atom is -0.508 e. The van der Waals surface area contributed by atoms with Gasteiger partial charge in [0.1, 0.15) is 5.75 Å². The molecule has 0 amide bonds. The summed E-state index contributed by atoms with van der Waals surface area (Å²) in [6, 6.07) is 7.71. The number of aliphatic hydroxyl groups is 1. The number of unbranched alkanes of at least 4 members (excludes halogenated alkanes) is 18. The second kappa shape index (κ2) is 26.2. The summed E-state index contributed by atoms with van der Waals surface area (Å²) in [5, 5.41) is 18.2. The average molecular weight is 449 g/mol. The molecule has 0 unspecified atom stereocenters. The van der Waals surface area contributed by atoms with Crippen molar-refractivity contribution in [1.82, 2.24) is 0 Å². The van der Waals surface area contributed by atoms with Gasteiger partial charge in [0.05, 0.1) is 0 Å². The molecule has 2 N–H and O–H groups in total. The summed E-state index contributed by atoms with van der Waals surface area (Å²) in [7, 11) is 0. The third-order valence-electron chi connectivity index (χ3n) is 6.30. The first-order valence-electron chi connectivity index (χ1n) is 14.1. The highest BCUT2D eigenvalue weighted by Crippen LogP contribution is 2.19. The molecule has 0 aliphatic heterocycles. The van der Waals surface area contributed by atoms with Gasteiger partial charge >= 0.3 is 0 Å². The maximum atomic E-state index is 9.65. The van der Waals surface area contributed by atoms with E-state index in [-0.39, 0.29) is 0 Å². The van der Waals surface area contributed by atoms with E-state index in [9.17, 15) is 5.11 Å². The quantitative estimate of drug-likeness (QED) is 0.184. The van der Waals surface area contributed by atoms with E-state index in [2.05, 4.69) is 13.8 Å². The summed E-state index contributed by atoms with van der Waals surface area (Å²) >= 11 is 0. The van der Waals surface area contributed by atoms with Crippen LogP contribution in [-0.4, -0.2) is 16.8 Å². The van der Waals surface area contributed by atoms with Crippen molar-refractivity contribution in [2.75, 3.05) is 6.61 Å². The normalized spacial score (nSPS) is 10.7. The molecule has 32 heavy (non-hydrogen) atoms. The molecule has 0 saturated carbocycles. The summed E-state index contributed by atoms with van der Waals surface area (Å²) in [5.41, 5.74) is 1.10. The summed E-state index contributed by atoms with van der Waals surface area (Å²) < 4.78 is 0. The molecule has 0 bridgehead atoms. The van der Waals surface area contributed by atoms with Gasteiger partial charge in [-0.2, -0.15) is 0 Å². The predicted molar refractivity (Wildman–Crippen MR) is 143 cm³/mol. The lowest BCUT2D eigenvalue weighted by molar-refractivity contribution is 0.282. The van der Waals surface area contributed by atoms with Crippen LogP contribution < -0.4 is 0 Å². The van der Waals surface area contributed by atoms with E-state index < -0.39 is 0 Å². The Morgan fingerprint density at radius 3 is 1.28 bits per heavy atom. The maximum Gasteiger partial charge on any atom is 0.118 e. The number of aliphatic hydroxyl groups excluding tert-OH is 1. The number of phenolic OH excluding ortho intramolecular Hbond substituents is 1. The number of phenols is 1. The van der Waals surface area contributed by atoms with Gasteiger partial charge in [0.25, 0.3) is 0 Å². The number of aryl methyl sites for hydroxylation is 1. The van der Waals surface area contributed by atoms with E-state index in [0.29, 0.717) is 12.4 Å². The van der Waals surface area contributed by atoms with Crippen molar-refractivity contribution in [3.8, 4) is 5.75 Å². The van der Waals surface area contributed by atoms with E-state index in [1.807, 2.05) is 18.2 Å². The predicted octanol–water partition coefficient (Wildman–Crippen LogP) is 9.76. The van der Waals surface area contributed by atoms with Gasteiger partial charge in [-0.15, -0.1) is 0 Å². The molecule has 0 aliphatic rings. The Kier molecular flexibility index (Phi) is 25.4. The number of aromatic hydroxyl groups is 1. The van der Waals surface area contributed by atoms with Crippen LogP contribution in [0.1, 0.15) is 148 Å². The van der Waals surface area contributed by atoms with Crippen molar-refractivity contribution in [3.05, 3.63) is 29.8 Å². The lowest BCUT2D eigenvalue weighted by atomic mass is 10.0. The Hall–Kier alpha value is -1.02. The Morgan fingerprint density at radius 1 is 0.500 bits per heavy atom. The second-order valence-electron chi connectivity index (χ2n) is 9.47. The fourth-order valence-electron chi connectivity index (χ4n) is 4.12. The molecule has 0 radical (unpaired) electrons. The molecule has 2 nitrogen and oxygen atoms in total. The van der Waals surface area contributed by atoms with Crippen LogP contribution in [0.2, 0.25) is 0 Å². The summed E-state index contributed by atoms with van der Waals surface area (Å²) in [6.07, 6.45) is 28.0. The fraction of sp³-hybridized carbons (Fsp3) is 0.800. The first-order valence-corrected chi connectivity index (χ1v) is 14.1. The second-order valence-corrected chi connectivity index (χ2v) is 9.47. The number of benzene rings is 1. The molecule has 0 aromatic heterocycles. The molecule has 0 saturated heterocycles. The summed E-state index contributed by atoms with van der Waals surface area (Å²) in [6.45, 7) is 4.90. The highest BCUT2D eigenvalue weighted by molar-refractivity contribution is 5.31. The molecular formula is C30H56O2. The van der Waals surface area contributed by atoms with Crippen LogP contribution in [0.15, 0.2) is 24.3 Å². The average Bonchev–Trinajstić information content (AvgIpc) is 2.81. The highest BCUT2D eigenvalue weighted by Gasteiger charge is 1.99. The Morgan fingerprint density at radius 2 is 0.875 bits per heavy atom. The van der Waals surface area contributed by atoms with Gasteiger partial charge in [0, 0.05) is 6.61 Å². The zero-order valence-corrected chi connectivity index (χ0v) is 21.8. The van der Waals surface area contributed by atoms with Crippen LogP contribution in [0.4, 0.5) is 0 Å². The lowest BCUT2D eigenvalue weighted by Crippen LogP contribution is -1.87. The molecule has 1 aromatic rings. The maximum absolute atomic E-state index is 9.65. The molecule has 0 aliphatic carbocycles. The Labute approximate surface area is 201 Å². The Bertz CT molecular complexity index is 462. The third-order valence-corrected chi connectivity index (χ3v) is 6.30. The van der Waals surface area contributed by atoms with Crippen LogP contribution in [0.3, 0.4) is 0 Å². The number of para-hydroxylation sites is 1. The van der Waals surface area contributed by atoms with Gasteiger partial charge in [-0.25, -0.2) is 0 Å². The van der Waals surface area contributed by atoms with Crippen molar-refractivity contribution >= 4 is 0 Å². The summed E-state index contributed by atoms with van der Waals surface area (Å²) in [4.78, 5) is 0. The highest BCUT2D eigenvalue weighted by atomic mass is 16.3. The molecule has 0 atom stereocenters. The molecule has 2 heteroatoms. The topological polar surface area (TPSA) is 40.5 Å². The van der Waals surface area contributed by atoms with Crippen LogP contribution in [0.5, 0.6) is 5.75 Å². The van der Waals surface area contributed by atoms with Crippen LogP contribution >= 0.6 is 0 Å². The number of rotatable bonds is 21. The molecule has 1 aromatic carbocycles. The van der Waals surface area contributed by atoms with Gasteiger partial charge in [0.2, 0.25) is 0 Å². The lowest BCUT2D eigenvalue weighted by Gasteiger charge is -2.04. The monoisotopic (exact) mass is 448 g/mol. The summed E-state index contributed by atoms with van der Waals surface area (Å²) in [5.74, 6) is 0.457. The van der Waals surface area contributed by atoms with E-state index in [0.717, 1.165) is 18.4 Å². The van der Waals surface area contributed by atoms with Crippen molar-refractivity contribution in [2.24, 2.45) is 0 Å². The number of hydrogen-bond acceptors (Lipinski definition) is 2. The molecule has 0 spiro atoms. The van der Waals surface area contributed by atoms with Crippen molar-refractivity contribution in [1.29, 1.82) is 0 Å². The smallest absolute Gasteiger partial charge is 0.118 e. The van der Waals surface area contributed by atoms with Crippen LogP contribution in [0, 0.1) is 0 Å². The third kappa shape index (κ3) is 22.2. The van der Waals surface area contributed by atoms with E-state index in [1.54, 1.807) is 6.07 Å². The number of hydrogen-bond donors (Lipinski definition) is 2. The van der Waals surface area contributed by atoms with Crippen LogP contribution in [0.25, 0.3) is 0 Å². The Balaban J connectivity index is 0.000000649. The van der Waals surface area contributed by atoms with Gasteiger partial charge in [-0.05, 0) is 30.9 Å². The molecule has 0 heterocycles.